The molecule has 0 unspecified atom stereocenters. The van der Waals surface area contributed by atoms with Crippen LogP contribution >= 0.6 is 12.2 Å². The SMILES string of the molecule is S=c1c2c(n(-c3ccccc3)c3c1CCO3)N=CCC2. The first-order chi connectivity index (χ1) is 9.86. The number of benzene rings is 1. The molecule has 0 saturated carbocycles. The van der Waals surface area contributed by atoms with Crippen LogP contribution in [0.3, 0.4) is 0 Å². The summed E-state index contributed by atoms with van der Waals surface area (Å²) in [7, 11) is 0. The summed E-state index contributed by atoms with van der Waals surface area (Å²) in [6, 6.07) is 10.2. The lowest BCUT2D eigenvalue weighted by atomic mass is 10.0. The average molecular weight is 282 g/mol. The Morgan fingerprint density at radius 1 is 1.10 bits per heavy atom. The van der Waals surface area contributed by atoms with Gasteiger partial charge in [-0.05, 0) is 25.0 Å². The van der Waals surface area contributed by atoms with Crippen LogP contribution in [-0.2, 0) is 12.8 Å². The van der Waals surface area contributed by atoms with E-state index in [1.165, 1.54) is 11.1 Å². The van der Waals surface area contributed by atoms with Gasteiger partial charge in [-0.2, -0.15) is 0 Å². The Bertz CT molecular complexity index is 762. The molecule has 0 spiro atoms. The van der Waals surface area contributed by atoms with Crippen LogP contribution in [0.1, 0.15) is 17.5 Å². The van der Waals surface area contributed by atoms with Crippen molar-refractivity contribution in [2.45, 2.75) is 19.3 Å². The summed E-state index contributed by atoms with van der Waals surface area (Å²) in [5, 5.41) is 0. The van der Waals surface area contributed by atoms with E-state index < -0.39 is 0 Å². The molecule has 3 heterocycles. The van der Waals surface area contributed by atoms with E-state index in [-0.39, 0.29) is 0 Å². The topological polar surface area (TPSA) is 26.5 Å². The van der Waals surface area contributed by atoms with E-state index in [9.17, 15) is 0 Å². The van der Waals surface area contributed by atoms with E-state index in [0.717, 1.165) is 41.2 Å². The number of rotatable bonds is 1. The van der Waals surface area contributed by atoms with Crippen molar-refractivity contribution in [1.82, 2.24) is 4.57 Å². The van der Waals surface area contributed by atoms with E-state index in [4.69, 9.17) is 17.0 Å². The van der Waals surface area contributed by atoms with Crippen molar-refractivity contribution < 1.29 is 4.74 Å². The molecule has 0 amide bonds. The highest BCUT2D eigenvalue weighted by atomic mass is 32.1. The predicted octanol–water partition coefficient (Wildman–Crippen LogP) is 3.79. The van der Waals surface area contributed by atoms with Crippen molar-refractivity contribution in [2.75, 3.05) is 6.61 Å². The quantitative estimate of drug-likeness (QED) is 0.744. The smallest absolute Gasteiger partial charge is 0.204 e. The van der Waals surface area contributed by atoms with Gasteiger partial charge in [-0.1, -0.05) is 30.4 Å². The van der Waals surface area contributed by atoms with Gasteiger partial charge in [0.2, 0.25) is 5.88 Å². The number of hydrogen-bond donors (Lipinski definition) is 0. The molecule has 0 fully saturated rings. The number of nitrogens with zero attached hydrogens (tertiary/aromatic N) is 2. The normalized spacial score (nSPS) is 15.6. The fourth-order valence-electron chi connectivity index (χ4n) is 2.91. The second kappa shape index (κ2) is 4.56. The largest absolute Gasteiger partial charge is 0.478 e. The Balaban J connectivity index is 2.11. The molecule has 1 aromatic heterocycles. The highest BCUT2D eigenvalue weighted by Gasteiger charge is 2.25. The fourth-order valence-corrected chi connectivity index (χ4v) is 3.29. The van der Waals surface area contributed by atoms with Gasteiger partial charge in [0.25, 0.3) is 0 Å². The maximum absolute atomic E-state index is 5.85. The van der Waals surface area contributed by atoms with E-state index in [0.29, 0.717) is 6.61 Å². The van der Waals surface area contributed by atoms with Crippen LogP contribution in [0.2, 0.25) is 0 Å². The van der Waals surface area contributed by atoms with Gasteiger partial charge in [-0.3, -0.25) is 4.57 Å². The molecule has 0 saturated heterocycles. The minimum absolute atomic E-state index is 0.707. The van der Waals surface area contributed by atoms with Gasteiger partial charge < -0.3 is 4.74 Å². The van der Waals surface area contributed by atoms with Crippen molar-refractivity contribution in [3.05, 3.63) is 46.0 Å². The molecule has 20 heavy (non-hydrogen) atoms. The summed E-state index contributed by atoms with van der Waals surface area (Å²) >= 11 is 5.65. The first-order valence-corrected chi connectivity index (χ1v) is 7.28. The van der Waals surface area contributed by atoms with E-state index in [2.05, 4.69) is 21.7 Å². The van der Waals surface area contributed by atoms with Gasteiger partial charge in [-0.15, -0.1) is 0 Å². The molecule has 0 atom stereocenters. The third-order valence-corrected chi connectivity index (χ3v) is 4.33. The van der Waals surface area contributed by atoms with Crippen LogP contribution in [0.15, 0.2) is 35.3 Å². The predicted molar refractivity (Wildman–Crippen MR) is 82.3 cm³/mol. The molecule has 3 nitrogen and oxygen atoms in total. The monoisotopic (exact) mass is 282 g/mol. The zero-order valence-corrected chi connectivity index (χ0v) is 11.8. The summed E-state index contributed by atoms with van der Waals surface area (Å²) in [6.07, 6.45) is 4.80. The van der Waals surface area contributed by atoms with Crippen LogP contribution in [0.25, 0.3) is 5.69 Å². The maximum atomic E-state index is 5.85. The molecule has 2 aliphatic heterocycles. The maximum Gasteiger partial charge on any atom is 0.204 e. The first kappa shape index (κ1) is 11.9. The minimum atomic E-state index is 0.707. The van der Waals surface area contributed by atoms with Gasteiger partial charge in [0, 0.05) is 23.8 Å². The van der Waals surface area contributed by atoms with E-state index in [1.807, 2.05) is 24.4 Å². The summed E-state index contributed by atoms with van der Waals surface area (Å²) in [5.41, 5.74) is 3.44. The number of ether oxygens (including phenoxy) is 1. The molecule has 0 radical (unpaired) electrons. The van der Waals surface area contributed by atoms with Crippen LogP contribution < -0.4 is 4.74 Å². The Labute approximate surface area is 122 Å². The third-order valence-electron chi connectivity index (χ3n) is 3.83. The molecule has 2 aromatic rings. The molecule has 1 aromatic carbocycles. The Kier molecular flexibility index (Phi) is 2.70. The van der Waals surface area contributed by atoms with Gasteiger partial charge in [0.05, 0.1) is 16.8 Å². The van der Waals surface area contributed by atoms with Gasteiger partial charge in [0.15, 0.2) is 0 Å². The van der Waals surface area contributed by atoms with Gasteiger partial charge in [-0.25, -0.2) is 4.99 Å². The van der Waals surface area contributed by atoms with E-state index >= 15 is 0 Å². The number of aromatic nitrogens is 1. The van der Waals surface area contributed by atoms with Crippen LogP contribution in [0.4, 0.5) is 5.82 Å². The third kappa shape index (κ3) is 1.64. The van der Waals surface area contributed by atoms with Crippen molar-refractivity contribution in [3.8, 4) is 11.6 Å². The standard InChI is InChI=1S/C16H14N2OS/c20-14-12-7-4-9-17-15(12)18(11-5-2-1-3-6-11)16-13(14)8-10-19-16/h1-3,5-6,9H,4,7-8,10H2. The Hall–Kier alpha value is -1.94. The molecule has 4 heteroatoms. The summed E-state index contributed by atoms with van der Waals surface area (Å²) in [5.74, 6) is 1.81. The number of fused-ring (bicyclic) bond motifs is 2. The molecule has 100 valence electrons. The molecule has 0 aliphatic carbocycles. The second-order valence-electron chi connectivity index (χ2n) is 5.03. The molecule has 2 aliphatic rings. The summed E-state index contributed by atoms with van der Waals surface area (Å²) < 4.78 is 8.92. The van der Waals surface area contributed by atoms with Crippen molar-refractivity contribution in [3.63, 3.8) is 0 Å². The van der Waals surface area contributed by atoms with Gasteiger partial charge >= 0.3 is 0 Å². The summed E-state index contributed by atoms with van der Waals surface area (Å²) in [6.45, 7) is 0.707. The van der Waals surface area contributed by atoms with Crippen LogP contribution in [-0.4, -0.2) is 17.4 Å². The lowest BCUT2D eigenvalue weighted by Gasteiger charge is -2.20. The lowest BCUT2D eigenvalue weighted by molar-refractivity contribution is 0.337. The number of aliphatic imine (C=N–C) groups is 1. The lowest BCUT2D eigenvalue weighted by Crippen LogP contribution is -2.08. The van der Waals surface area contributed by atoms with E-state index in [1.54, 1.807) is 0 Å². The summed E-state index contributed by atoms with van der Waals surface area (Å²) in [4.78, 5) is 4.60. The molecular formula is C16H14N2OS. The van der Waals surface area contributed by atoms with Crippen molar-refractivity contribution in [1.29, 1.82) is 0 Å². The van der Waals surface area contributed by atoms with Crippen LogP contribution in [0.5, 0.6) is 5.88 Å². The second-order valence-corrected chi connectivity index (χ2v) is 5.44. The molecular weight excluding hydrogens is 268 g/mol. The molecule has 4 rings (SSSR count). The highest BCUT2D eigenvalue weighted by molar-refractivity contribution is 7.71. The zero-order chi connectivity index (χ0) is 13.5. The number of hydrogen-bond acceptors (Lipinski definition) is 3. The highest BCUT2D eigenvalue weighted by Crippen LogP contribution is 2.39. The first-order valence-electron chi connectivity index (χ1n) is 6.88. The minimum Gasteiger partial charge on any atom is -0.478 e. The van der Waals surface area contributed by atoms with Crippen molar-refractivity contribution >= 4 is 24.3 Å². The fraction of sp³-hybridized carbons (Fsp3) is 0.250. The Morgan fingerprint density at radius 3 is 2.80 bits per heavy atom. The van der Waals surface area contributed by atoms with Gasteiger partial charge in [0.1, 0.15) is 5.82 Å². The molecule has 0 bridgehead atoms. The van der Waals surface area contributed by atoms with Crippen molar-refractivity contribution in [2.24, 2.45) is 4.99 Å². The van der Waals surface area contributed by atoms with Crippen LogP contribution in [0, 0.1) is 4.51 Å². The average Bonchev–Trinajstić information content (AvgIpc) is 2.98. The molecule has 0 N–H and O–H groups in total. The number of para-hydroxylation sites is 1. The zero-order valence-electron chi connectivity index (χ0n) is 11.0. The Morgan fingerprint density at radius 2 is 1.95 bits per heavy atom. The number of pyridine rings is 1.